The number of carbonyl (C=O) groups is 3. The summed E-state index contributed by atoms with van der Waals surface area (Å²) in [5.74, 6) is -7.99. The minimum atomic E-state index is -1.98. The molecule has 0 saturated heterocycles. The SMILES string of the molecule is CO[C@H]1/C=C/O[C@@]2(C)Oc3c(C)c(O)c4c(O)c(cc(O)c4c3C2=O)NC(=O)/C(C)=C\C=C\[C@@H](C)[C@@H](O)[C@@H](C)[C@H](O)[C@H](C)[C@H](OC(C)=O)[C@@H]1C.[Na+]. The Morgan fingerprint density at radius 3 is 2.20 bits per heavy atom. The fourth-order valence-corrected chi connectivity index (χ4v) is 6.65. The van der Waals surface area contributed by atoms with E-state index in [1.807, 2.05) is 0 Å². The van der Waals surface area contributed by atoms with Gasteiger partial charge in [-0.3, -0.25) is 14.4 Å². The van der Waals surface area contributed by atoms with Crippen molar-refractivity contribution in [2.75, 3.05) is 12.4 Å². The van der Waals surface area contributed by atoms with E-state index in [2.05, 4.69) is 5.32 Å². The molecule has 0 saturated carbocycles. The Hall–Kier alpha value is -3.59. The van der Waals surface area contributed by atoms with Gasteiger partial charge >= 0.3 is 41.3 Å². The molecule has 13 nitrogen and oxygen atoms in total. The van der Waals surface area contributed by atoms with Crippen molar-refractivity contribution in [2.45, 2.75) is 85.6 Å². The Labute approximate surface area is 319 Å². The smallest absolute Gasteiger partial charge is 0.507 e. The first kappa shape index (κ1) is 41.8. The van der Waals surface area contributed by atoms with Gasteiger partial charge in [-0.05, 0) is 19.9 Å². The summed E-state index contributed by atoms with van der Waals surface area (Å²) in [5.41, 5.74) is -0.0929. The summed E-state index contributed by atoms with van der Waals surface area (Å²) in [6.45, 7) is 12.5. The van der Waals surface area contributed by atoms with Crippen LogP contribution in [0.5, 0.6) is 23.0 Å². The number of methoxy groups -OCH3 is 1. The van der Waals surface area contributed by atoms with Gasteiger partial charge in [-0.1, -0.05) is 45.9 Å². The van der Waals surface area contributed by atoms with Gasteiger partial charge in [0.05, 0.1) is 41.2 Å². The molecule has 0 spiro atoms. The minimum absolute atomic E-state index is 0. The quantitative estimate of drug-likeness (QED) is 0.114. The monoisotopic (exact) mass is 720 g/mol. The molecular formula is C37H47NNaO12+. The molecule has 2 aromatic rings. The van der Waals surface area contributed by atoms with Gasteiger partial charge in [0.1, 0.15) is 23.4 Å². The zero-order valence-corrected chi connectivity index (χ0v) is 32.7. The molecule has 2 aromatic carbocycles. The number of rotatable bonds is 2. The van der Waals surface area contributed by atoms with E-state index in [4.69, 9.17) is 18.9 Å². The predicted molar refractivity (Wildman–Crippen MR) is 184 cm³/mol. The second-order valence-corrected chi connectivity index (χ2v) is 13.4. The average Bonchev–Trinajstić information content (AvgIpc) is 3.33. The third-order valence-corrected chi connectivity index (χ3v) is 9.84. The van der Waals surface area contributed by atoms with Crippen LogP contribution >= 0.6 is 0 Å². The molecule has 0 unspecified atom stereocenters. The molecule has 14 heteroatoms. The Kier molecular flexibility index (Phi) is 13.4. The topological polar surface area (TPSA) is 201 Å². The molecule has 3 heterocycles. The number of aliphatic hydroxyl groups excluding tert-OH is 2. The number of benzene rings is 2. The van der Waals surface area contributed by atoms with Crippen molar-refractivity contribution < 1.29 is 88.4 Å². The van der Waals surface area contributed by atoms with E-state index in [1.165, 1.54) is 53.2 Å². The van der Waals surface area contributed by atoms with Crippen molar-refractivity contribution in [2.24, 2.45) is 23.7 Å². The zero-order chi connectivity index (χ0) is 37.4. The van der Waals surface area contributed by atoms with Crippen LogP contribution in [0.4, 0.5) is 5.69 Å². The van der Waals surface area contributed by atoms with Gasteiger partial charge in [0.2, 0.25) is 0 Å². The number of aliphatic hydroxyl groups is 2. The molecule has 9 atom stereocenters. The van der Waals surface area contributed by atoms with Crippen molar-refractivity contribution in [3.05, 3.63) is 53.3 Å². The van der Waals surface area contributed by atoms with E-state index in [0.717, 1.165) is 6.07 Å². The standard InChI is InChI=1S/C37H47NO12.Na/c1-16-11-10-12-17(2)36(46)38-23-15-24(40)26-27(32(23)44)31(43)21(6)34-28(26)35(45)37(8,50-34)48-14-13-25(47-9)18(3)33(49-22(7)39)20(5)30(42)19(4)29(16)41;/h10-16,18-20,25,29-30,33,40-44H,1-9H3,(H,38,46);/q;+1/b11-10+,14-13+,17-12-;/t16-,18-,19-,20+,25+,29-,30+,33-,37+;/m1./s1. The van der Waals surface area contributed by atoms with Crippen molar-refractivity contribution in [1.29, 1.82) is 0 Å². The Balaban J connectivity index is 0.00000702. The number of nitrogens with one attached hydrogen (secondary N) is 1. The molecule has 272 valence electrons. The zero-order valence-electron chi connectivity index (χ0n) is 30.7. The van der Waals surface area contributed by atoms with Gasteiger partial charge in [-0.25, -0.2) is 0 Å². The Bertz CT molecular complexity index is 1770. The van der Waals surface area contributed by atoms with Crippen molar-refractivity contribution in [3.63, 3.8) is 0 Å². The number of hydrogen-bond donors (Lipinski definition) is 6. The van der Waals surface area contributed by atoms with E-state index in [-0.39, 0.29) is 68.5 Å². The number of esters is 1. The molecular weight excluding hydrogens is 673 g/mol. The van der Waals surface area contributed by atoms with Crippen LogP contribution in [0, 0.1) is 30.6 Å². The summed E-state index contributed by atoms with van der Waals surface area (Å²) >= 11 is 0. The van der Waals surface area contributed by atoms with E-state index in [9.17, 15) is 39.9 Å². The molecule has 3 aliphatic heterocycles. The number of aromatic hydroxyl groups is 3. The van der Waals surface area contributed by atoms with Gasteiger partial charge < -0.3 is 49.8 Å². The van der Waals surface area contributed by atoms with Crippen LogP contribution in [0.15, 0.2) is 42.2 Å². The molecule has 0 radical (unpaired) electrons. The number of allylic oxidation sites excluding steroid dienone is 2. The van der Waals surface area contributed by atoms with Gasteiger partial charge in [-0.15, -0.1) is 0 Å². The number of phenols is 3. The maximum Gasteiger partial charge on any atom is 1.00 e. The predicted octanol–water partition coefficient (Wildman–Crippen LogP) is 1.76. The summed E-state index contributed by atoms with van der Waals surface area (Å²) in [7, 11) is 1.43. The number of phenolic OH excluding ortho intramolecular Hbond substituents is 3. The van der Waals surface area contributed by atoms with Gasteiger partial charge in [0, 0.05) is 67.2 Å². The molecule has 0 fully saturated rings. The van der Waals surface area contributed by atoms with Crippen molar-refractivity contribution in [3.8, 4) is 23.0 Å². The fraction of sp³-hybridized carbons (Fsp3) is 0.486. The largest absolute Gasteiger partial charge is 1.00 e. The average molecular weight is 721 g/mol. The summed E-state index contributed by atoms with van der Waals surface area (Å²) < 4.78 is 23.2. The molecule has 51 heavy (non-hydrogen) atoms. The number of anilines is 1. The van der Waals surface area contributed by atoms with E-state index >= 15 is 0 Å². The normalized spacial score (nSPS) is 32.6. The second kappa shape index (κ2) is 16.4. The first-order valence-electron chi connectivity index (χ1n) is 16.4. The fourth-order valence-electron chi connectivity index (χ4n) is 6.65. The van der Waals surface area contributed by atoms with Crippen molar-refractivity contribution in [1.82, 2.24) is 0 Å². The molecule has 1 amide bonds. The van der Waals surface area contributed by atoms with Crippen LogP contribution in [0.25, 0.3) is 10.8 Å². The maximum atomic E-state index is 13.9. The van der Waals surface area contributed by atoms with Gasteiger partial charge in [0.15, 0.2) is 5.75 Å². The number of Topliss-reactive ketones (excluding diaryl/α,β-unsaturated/α-hetero) is 1. The number of ketones is 1. The third kappa shape index (κ3) is 8.08. The minimum Gasteiger partial charge on any atom is -0.507 e. The summed E-state index contributed by atoms with van der Waals surface area (Å²) in [6, 6.07) is 1.06. The number of amides is 1. The first-order valence-corrected chi connectivity index (χ1v) is 16.4. The van der Waals surface area contributed by atoms with Crippen LogP contribution in [0.3, 0.4) is 0 Å². The Morgan fingerprint density at radius 1 is 0.941 bits per heavy atom. The molecule has 6 N–H and O–H groups in total. The van der Waals surface area contributed by atoms with Crippen LogP contribution in [0.1, 0.15) is 64.4 Å². The number of hydrogen-bond acceptors (Lipinski definition) is 12. The number of fused-ring (bicyclic) bond motifs is 14. The third-order valence-electron chi connectivity index (χ3n) is 9.84. The van der Waals surface area contributed by atoms with Gasteiger partial charge in [-0.2, -0.15) is 0 Å². The molecule has 3 aliphatic rings. The molecule has 5 bridgehead atoms. The van der Waals surface area contributed by atoms with Crippen LogP contribution in [-0.2, 0) is 23.8 Å². The first-order chi connectivity index (χ1) is 23.4. The molecule has 0 aliphatic carbocycles. The van der Waals surface area contributed by atoms with E-state index in [1.54, 1.807) is 39.8 Å². The summed E-state index contributed by atoms with van der Waals surface area (Å²) in [6.07, 6.45) is 3.62. The number of carbonyl (C=O) groups excluding carboxylic acids is 3. The second-order valence-electron chi connectivity index (χ2n) is 13.4. The summed E-state index contributed by atoms with van der Waals surface area (Å²) in [4.78, 5) is 39.2. The van der Waals surface area contributed by atoms with Crippen LogP contribution in [-0.4, -0.2) is 80.5 Å². The number of ether oxygens (including phenoxy) is 4. The van der Waals surface area contributed by atoms with Crippen LogP contribution in [0.2, 0.25) is 0 Å². The maximum absolute atomic E-state index is 13.9. The van der Waals surface area contributed by atoms with Gasteiger partial charge in [0.25, 0.3) is 11.7 Å². The summed E-state index contributed by atoms with van der Waals surface area (Å²) in [5, 5.41) is 58.2. The van der Waals surface area contributed by atoms with Crippen LogP contribution < -0.4 is 39.6 Å². The van der Waals surface area contributed by atoms with E-state index < -0.39 is 88.8 Å². The molecule has 0 aromatic heterocycles. The Morgan fingerprint density at radius 2 is 1.59 bits per heavy atom. The van der Waals surface area contributed by atoms with Crippen molar-refractivity contribution >= 4 is 34.1 Å². The van der Waals surface area contributed by atoms with E-state index in [0.29, 0.717) is 0 Å². The molecule has 5 rings (SSSR count).